The Hall–Kier alpha value is -0.540. The number of likely N-dealkylation sites (N-methyl/N-ethyl adjacent to an activating group) is 1. The number of hydrogen-bond donors (Lipinski definition) is 0. The van der Waals surface area contributed by atoms with E-state index >= 15 is 0 Å². The molecule has 0 aliphatic carbocycles. The van der Waals surface area contributed by atoms with Crippen LogP contribution in [0, 0.1) is 0 Å². The van der Waals surface area contributed by atoms with E-state index < -0.39 is 0 Å². The van der Waals surface area contributed by atoms with Crippen molar-refractivity contribution in [3.8, 4) is 0 Å². The van der Waals surface area contributed by atoms with E-state index in [4.69, 9.17) is 4.74 Å². The molecule has 90 valence electrons. The van der Waals surface area contributed by atoms with Gasteiger partial charge in [-0.1, -0.05) is 6.58 Å². The third-order valence-electron chi connectivity index (χ3n) is 2.54. The highest BCUT2D eigenvalue weighted by molar-refractivity contribution is 5.87. The van der Waals surface area contributed by atoms with Crippen LogP contribution in [0.1, 0.15) is 20.8 Å². The molecule has 0 aromatic rings. The van der Waals surface area contributed by atoms with Gasteiger partial charge in [-0.05, 0) is 20.8 Å². The predicted molar refractivity (Wildman–Crippen MR) is 57.9 cm³/mol. The van der Waals surface area contributed by atoms with Crippen molar-refractivity contribution in [2.24, 2.45) is 0 Å². The van der Waals surface area contributed by atoms with Crippen molar-refractivity contribution in [3.63, 3.8) is 0 Å². The lowest BCUT2D eigenvalue weighted by atomic mass is 10.1. The Morgan fingerprint density at radius 1 is 1.27 bits per heavy atom. The summed E-state index contributed by atoms with van der Waals surface area (Å²) in [5, 5.41) is 0. The third-order valence-corrected chi connectivity index (χ3v) is 2.54. The molecule has 0 saturated heterocycles. The maximum atomic E-state index is 11.3. The maximum Gasteiger partial charge on any atom is 0.333 e. The SMILES string of the molecule is C=C(C)C(=O)OC(C)C(C)[N+](C)(C)C.[Cl-]. The van der Waals surface area contributed by atoms with Crippen LogP contribution in [0.15, 0.2) is 12.2 Å². The van der Waals surface area contributed by atoms with Crippen molar-refractivity contribution in [1.82, 2.24) is 0 Å². The standard InChI is InChI=1S/C11H22NO2.ClH/c1-8(2)11(13)14-10(4)9(3)12(5,6)7;/h9-10H,1H2,2-7H3;1H/q+1;/p-1. The summed E-state index contributed by atoms with van der Waals surface area (Å²) in [6.45, 7) is 9.19. The summed E-state index contributed by atoms with van der Waals surface area (Å²) >= 11 is 0. The van der Waals surface area contributed by atoms with Gasteiger partial charge in [0.1, 0.15) is 6.04 Å². The highest BCUT2D eigenvalue weighted by atomic mass is 35.5. The van der Waals surface area contributed by atoms with Gasteiger partial charge >= 0.3 is 5.97 Å². The maximum absolute atomic E-state index is 11.3. The molecule has 3 nitrogen and oxygen atoms in total. The first-order valence-corrected chi connectivity index (χ1v) is 4.84. The van der Waals surface area contributed by atoms with E-state index in [0.717, 1.165) is 4.48 Å². The molecule has 0 fully saturated rings. The Labute approximate surface area is 99.1 Å². The lowest BCUT2D eigenvalue weighted by Crippen LogP contribution is -3.00. The van der Waals surface area contributed by atoms with Gasteiger partial charge in [0.05, 0.1) is 21.1 Å². The van der Waals surface area contributed by atoms with Crippen LogP contribution in [0.5, 0.6) is 0 Å². The Morgan fingerprint density at radius 2 is 1.67 bits per heavy atom. The summed E-state index contributed by atoms with van der Waals surface area (Å²) in [6, 6.07) is 0.262. The van der Waals surface area contributed by atoms with E-state index in [-0.39, 0.29) is 30.5 Å². The highest BCUT2D eigenvalue weighted by Crippen LogP contribution is 2.11. The van der Waals surface area contributed by atoms with Crippen LogP contribution in [0.25, 0.3) is 0 Å². The van der Waals surface area contributed by atoms with Crippen LogP contribution in [-0.4, -0.2) is 43.7 Å². The molecule has 2 unspecified atom stereocenters. The zero-order valence-corrected chi connectivity index (χ0v) is 11.3. The Balaban J connectivity index is 0. The number of carbonyl (C=O) groups is 1. The number of rotatable bonds is 4. The number of hydrogen-bond acceptors (Lipinski definition) is 2. The van der Waals surface area contributed by atoms with Crippen molar-refractivity contribution in [2.75, 3.05) is 21.1 Å². The number of nitrogens with zero attached hydrogens (tertiary/aromatic N) is 1. The summed E-state index contributed by atoms with van der Waals surface area (Å²) in [7, 11) is 6.24. The van der Waals surface area contributed by atoms with Gasteiger partial charge in [-0.25, -0.2) is 4.79 Å². The molecule has 0 amide bonds. The van der Waals surface area contributed by atoms with Gasteiger partial charge in [0.25, 0.3) is 0 Å². The smallest absolute Gasteiger partial charge is 0.333 e. The molecule has 0 aromatic heterocycles. The second-order valence-electron chi connectivity index (χ2n) is 4.75. The van der Waals surface area contributed by atoms with E-state index in [1.54, 1.807) is 6.92 Å². The van der Waals surface area contributed by atoms with E-state index in [0.29, 0.717) is 5.57 Å². The first-order valence-electron chi connectivity index (χ1n) is 4.84. The summed E-state index contributed by atoms with van der Waals surface area (Å²) < 4.78 is 6.01. The van der Waals surface area contributed by atoms with Crippen LogP contribution in [0.3, 0.4) is 0 Å². The third kappa shape index (κ3) is 5.80. The van der Waals surface area contributed by atoms with E-state index in [9.17, 15) is 4.79 Å². The average molecular weight is 236 g/mol. The Kier molecular flexibility index (Phi) is 6.90. The van der Waals surface area contributed by atoms with E-state index in [2.05, 4.69) is 34.6 Å². The zero-order chi connectivity index (χ0) is 11.5. The van der Waals surface area contributed by atoms with Gasteiger partial charge in [-0.2, -0.15) is 0 Å². The topological polar surface area (TPSA) is 26.3 Å². The van der Waals surface area contributed by atoms with Crippen molar-refractivity contribution in [1.29, 1.82) is 0 Å². The second-order valence-corrected chi connectivity index (χ2v) is 4.75. The molecule has 0 radical (unpaired) electrons. The predicted octanol–water partition coefficient (Wildman–Crippen LogP) is -1.41. The van der Waals surface area contributed by atoms with Gasteiger partial charge < -0.3 is 21.6 Å². The van der Waals surface area contributed by atoms with E-state index in [1.807, 2.05) is 6.92 Å². The van der Waals surface area contributed by atoms with Gasteiger partial charge in [-0.3, -0.25) is 0 Å². The number of quaternary nitrogens is 1. The molecule has 0 saturated carbocycles. The Morgan fingerprint density at radius 3 is 1.93 bits per heavy atom. The summed E-state index contributed by atoms with van der Waals surface area (Å²) in [4.78, 5) is 11.3. The number of ether oxygens (including phenoxy) is 1. The minimum absolute atomic E-state index is 0. The minimum atomic E-state index is -0.308. The van der Waals surface area contributed by atoms with Gasteiger partial charge in [-0.15, -0.1) is 0 Å². The molecule has 0 N–H and O–H groups in total. The lowest BCUT2D eigenvalue weighted by Gasteiger charge is -2.34. The summed E-state index contributed by atoms with van der Waals surface area (Å²) in [6.07, 6.45) is -0.0980. The zero-order valence-electron chi connectivity index (χ0n) is 10.5. The Bertz CT molecular complexity index is 233. The minimum Gasteiger partial charge on any atom is -1.00 e. The largest absolute Gasteiger partial charge is 1.00 e. The molecular weight excluding hydrogens is 214 g/mol. The monoisotopic (exact) mass is 235 g/mol. The number of esters is 1. The fraction of sp³-hybridized carbons (Fsp3) is 0.727. The average Bonchev–Trinajstić information content (AvgIpc) is 2.00. The number of halogens is 1. The molecule has 0 rings (SSSR count). The van der Waals surface area contributed by atoms with Crippen molar-refractivity contribution < 1.29 is 26.4 Å². The molecular formula is C11H22ClNO2. The molecule has 4 heteroatoms. The van der Waals surface area contributed by atoms with Gasteiger partial charge in [0.15, 0.2) is 6.10 Å². The van der Waals surface area contributed by atoms with Crippen LogP contribution < -0.4 is 12.4 Å². The molecule has 15 heavy (non-hydrogen) atoms. The molecule has 0 bridgehead atoms. The molecule has 0 heterocycles. The van der Waals surface area contributed by atoms with Crippen LogP contribution in [0.2, 0.25) is 0 Å². The number of carbonyl (C=O) groups excluding carboxylic acids is 1. The van der Waals surface area contributed by atoms with E-state index in [1.165, 1.54) is 0 Å². The van der Waals surface area contributed by atoms with Crippen LogP contribution in [0.4, 0.5) is 0 Å². The van der Waals surface area contributed by atoms with Crippen LogP contribution >= 0.6 is 0 Å². The molecule has 2 atom stereocenters. The van der Waals surface area contributed by atoms with Crippen molar-refractivity contribution >= 4 is 5.97 Å². The van der Waals surface area contributed by atoms with Crippen LogP contribution in [-0.2, 0) is 9.53 Å². The fourth-order valence-electron chi connectivity index (χ4n) is 0.998. The normalized spacial score (nSPS) is 14.8. The molecule has 0 aromatic carbocycles. The van der Waals surface area contributed by atoms with Gasteiger partial charge in [0.2, 0.25) is 0 Å². The lowest BCUT2D eigenvalue weighted by molar-refractivity contribution is -0.897. The first kappa shape index (κ1) is 16.9. The second kappa shape index (κ2) is 6.13. The molecule has 0 aliphatic heterocycles. The van der Waals surface area contributed by atoms with Crippen molar-refractivity contribution in [2.45, 2.75) is 32.9 Å². The summed E-state index contributed by atoms with van der Waals surface area (Å²) in [5.41, 5.74) is 0.449. The quantitative estimate of drug-likeness (QED) is 0.340. The molecule has 0 spiro atoms. The first-order chi connectivity index (χ1) is 6.16. The highest BCUT2D eigenvalue weighted by Gasteiger charge is 2.27. The summed E-state index contributed by atoms with van der Waals surface area (Å²) in [5.74, 6) is -0.308. The fourth-order valence-corrected chi connectivity index (χ4v) is 0.998. The van der Waals surface area contributed by atoms with Gasteiger partial charge in [0, 0.05) is 5.57 Å². The van der Waals surface area contributed by atoms with Crippen molar-refractivity contribution in [3.05, 3.63) is 12.2 Å². The molecule has 0 aliphatic rings.